The van der Waals surface area contributed by atoms with Crippen molar-refractivity contribution >= 4 is 11.9 Å². The smallest absolute Gasteiger partial charge is 0.355 e. The van der Waals surface area contributed by atoms with E-state index >= 15 is 0 Å². The van der Waals surface area contributed by atoms with Crippen LogP contribution in [0.3, 0.4) is 0 Å². The molecule has 0 aromatic rings. The van der Waals surface area contributed by atoms with Crippen molar-refractivity contribution in [2.75, 3.05) is 32.8 Å². The lowest BCUT2D eigenvalue weighted by molar-refractivity contribution is -0.257. The second-order valence-electron chi connectivity index (χ2n) is 3.59. The lowest BCUT2D eigenvalue weighted by Crippen LogP contribution is -2.37. The minimum absolute atomic E-state index is 0.255. The second-order valence-corrected chi connectivity index (χ2v) is 3.59. The van der Waals surface area contributed by atoms with Crippen molar-refractivity contribution < 1.29 is 24.1 Å². The van der Waals surface area contributed by atoms with Crippen molar-refractivity contribution in [2.45, 2.75) is 19.8 Å². The van der Waals surface area contributed by atoms with E-state index in [9.17, 15) is 9.59 Å². The molecule has 0 saturated carbocycles. The summed E-state index contributed by atoms with van der Waals surface area (Å²) in [6.45, 7) is 5.31. The number of hydrogen-bond acceptors (Lipinski definition) is 6. The van der Waals surface area contributed by atoms with Crippen LogP contribution in [0.2, 0.25) is 0 Å². The van der Waals surface area contributed by atoms with E-state index in [1.54, 1.807) is 0 Å². The number of carbonyl (C=O) groups excluding carboxylic acids is 2. The van der Waals surface area contributed by atoms with Crippen molar-refractivity contribution in [2.24, 2.45) is 0 Å². The molecule has 1 rings (SSSR count). The van der Waals surface area contributed by atoms with E-state index in [0.29, 0.717) is 6.42 Å². The summed E-state index contributed by atoms with van der Waals surface area (Å²) in [4.78, 5) is 32.0. The average Bonchev–Trinajstić information content (AvgIpc) is 2.28. The Balaban J connectivity index is 2.01. The van der Waals surface area contributed by atoms with Gasteiger partial charge >= 0.3 is 11.9 Å². The van der Waals surface area contributed by atoms with Gasteiger partial charge in [-0.05, 0) is 13.0 Å². The van der Waals surface area contributed by atoms with E-state index in [1.165, 1.54) is 6.92 Å². The molecule has 16 heavy (non-hydrogen) atoms. The third-order valence-corrected chi connectivity index (χ3v) is 2.21. The van der Waals surface area contributed by atoms with Crippen molar-refractivity contribution in [1.82, 2.24) is 4.90 Å². The minimum atomic E-state index is -0.624. The molecule has 1 heterocycles. The van der Waals surface area contributed by atoms with Gasteiger partial charge in [0.2, 0.25) is 0 Å². The maximum atomic E-state index is 11.0. The molecule has 0 aromatic heterocycles. The second kappa shape index (κ2) is 7.19. The number of rotatable bonds is 4. The number of nitrogens with zero attached hydrogens (tertiary/aromatic N) is 1. The summed E-state index contributed by atoms with van der Waals surface area (Å²) in [5, 5.41) is 0. The molecular weight excluding hydrogens is 214 g/mol. The van der Waals surface area contributed by atoms with Crippen molar-refractivity contribution in [3.8, 4) is 0 Å². The fourth-order valence-corrected chi connectivity index (χ4v) is 1.42. The van der Waals surface area contributed by atoms with Gasteiger partial charge in [0.05, 0.1) is 19.6 Å². The number of hydrogen-bond donors (Lipinski definition) is 0. The highest BCUT2D eigenvalue weighted by Crippen LogP contribution is 2.01. The van der Waals surface area contributed by atoms with Crippen molar-refractivity contribution in [1.29, 1.82) is 0 Å². The van der Waals surface area contributed by atoms with Gasteiger partial charge in [-0.1, -0.05) is 0 Å². The molecule has 0 amide bonds. The van der Waals surface area contributed by atoms with E-state index in [1.807, 2.05) is 0 Å². The molecule has 92 valence electrons. The summed E-state index contributed by atoms with van der Waals surface area (Å²) in [6, 6.07) is 0. The van der Waals surface area contributed by atoms with Crippen LogP contribution in [-0.2, 0) is 24.1 Å². The van der Waals surface area contributed by atoms with E-state index in [4.69, 9.17) is 4.74 Å². The Hall–Kier alpha value is -1.14. The summed E-state index contributed by atoms with van der Waals surface area (Å²) in [5.74, 6) is -1.13. The minimum Gasteiger partial charge on any atom is -0.379 e. The SMILES string of the molecule is CC(=O)OOC(=O)CCCN1CCOCC1. The molecule has 0 aromatic carbocycles. The fraction of sp³-hybridized carbons (Fsp3) is 0.800. The highest BCUT2D eigenvalue weighted by Gasteiger charge is 2.11. The van der Waals surface area contributed by atoms with Crippen LogP contribution in [0.4, 0.5) is 0 Å². The summed E-state index contributed by atoms with van der Waals surface area (Å²) < 4.78 is 5.20. The predicted octanol–water partition coefficient (Wildman–Crippen LogP) is 0.120. The lowest BCUT2D eigenvalue weighted by atomic mass is 10.3. The zero-order valence-corrected chi connectivity index (χ0v) is 9.44. The highest BCUT2D eigenvalue weighted by atomic mass is 17.2. The molecule has 6 nitrogen and oxygen atoms in total. The van der Waals surface area contributed by atoms with E-state index in [0.717, 1.165) is 32.8 Å². The number of carbonyl (C=O) groups is 2. The molecule has 0 atom stereocenters. The van der Waals surface area contributed by atoms with Gasteiger partial charge in [-0.3, -0.25) is 4.90 Å². The van der Waals surface area contributed by atoms with E-state index < -0.39 is 11.9 Å². The average molecular weight is 231 g/mol. The van der Waals surface area contributed by atoms with Crippen molar-refractivity contribution in [3.63, 3.8) is 0 Å². The molecule has 1 aliphatic rings. The Bertz CT molecular complexity index is 237. The summed E-state index contributed by atoms with van der Waals surface area (Å²) >= 11 is 0. The zero-order chi connectivity index (χ0) is 11.8. The highest BCUT2D eigenvalue weighted by molar-refractivity contribution is 5.71. The molecular formula is C10H17NO5. The molecule has 0 aliphatic carbocycles. The van der Waals surface area contributed by atoms with Crippen LogP contribution in [0, 0.1) is 0 Å². The Morgan fingerprint density at radius 2 is 1.94 bits per heavy atom. The van der Waals surface area contributed by atoms with Crippen LogP contribution < -0.4 is 0 Å². The maximum absolute atomic E-state index is 11.0. The first-order chi connectivity index (χ1) is 7.68. The van der Waals surface area contributed by atoms with E-state index in [-0.39, 0.29) is 6.42 Å². The third-order valence-electron chi connectivity index (χ3n) is 2.21. The van der Waals surface area contributed by atoms with Gasteiger partial charge in [0.1, 0.15) is 0 Å². The molecule has 0 unspecified atom stereocenters. The first-order valence-electron chi connectivity index (χ1n) is 5.36. The van der Waals surface area contributed by atoms with E-state index in [2.05, 4.69) is 14.7 Å². The maximum Gasteiger partial charge on any atom is 0.355 e. The van der Waals surface area contributed by atoms with Gasteiger partial charge in [0, 0.05) is 20.0 Å². The van der Waals surface area contributed by atoms with Crippen LogP contribution in [0.1, 0.15) is 19.8 Å². The largest absolute Gasteiger partial charge is 0.379 e. The normalized spacial score (nSPS) is 16.8. The van der Waals surface area contributed by atoms with Gasteiger partial charge in [-0.2, -0.15) is 0 Å². The number of morpholine rings is 1. The van der Waals surface area contributed by atoms with Crippen LogP contribution in [-0.4, -0.2) is 49.7 Å². The Labute approximate surface area is 94.4 Å². The van der Waals surface area contributed by atoms with Gasteiger partial charge in [0.25, 0.3) is 0 Å². The number of ether oxygens (including phenoxy) is 1. The van der Waals surface area contributed by atoms with Crippen molar-refractivity contribution in [3.05, 3.63) is 0 Å². The quantitative estimate of drug-likeness (QED) is 0.506. The Kier molecular flexibility index (Phi) is 5.81. The van der Waals surface area contributed by atoms with Crippen LogP contribution in [0.15, 0.2) is 0 Å². The summed E-state index contributed by atoms with van der Waals surface area (Å²) in [6.07, 6.45) is 0.949. The summed E-state index contributed by atoms with van der Waals surface area (Å²) in [5.41, 5.74) is 0. The molecule has 0 bridgehead atoms. The first kappa shape index (κ1) is 12.9. The first-order valence-corrected chi connectivity index (χ1v) is 5.36. The van der Waals surface area contributed by atoms with Crippen LogP contribution >= 0.6 is 0 Å². The lowest BCUT2D eigenvalue weighted by Gasteiger charge is -2.26. The molecule has 1 saturated heterocycles. The predicted molar refractivity (Wildman–Crippen MR) is 54.4 cm³/mol. The molecule has 0 spiro atoms. The van der Waals surface area contributed by atoms with Gasteiger partial charge in [-0.25, -0.2) is 19.4 Å². The zero-order valence-electron chi connectivity index (χ0n) is 9.44. The molecule has 0 radical (unpaired) electrons. The monoisotopic (exact) mass is 231 g/mol. The molecule has 6 heteroatoms. The Morgan fingerprint density at radius 3 is 2.56 bits per heavy atom. The van der Waals surface area contributed by atoms with Gasteiger partial charge in [0.15, 0.2) is 0 Å². The third kappa shape index (κ3) is 5.67. The molecule has 0 N–H and O–H groups in total. The topological polar surface area (TPSA) is 65.1 Å². The van der Waals surface area contributed by atoms with Crippen LogP contribution in [0.25, 0.3) is 0 Å². The molecule has 1 fully saturated rings. The molecule has 1 aliphatic heterocycles. The Morgan fingerprint density at radius 1 is 1.25 bits per heavy atom. The van der Waals surface area contributed by atoms with Gasteiger partial charge < -0.3 is 4.74 Å². The fourth-order valence-electron chi connectivity index (χ4n) is 1.42. The van der Waals surface area contributed by atoms with Crippen LogP contribution in [0.5, 0.6) is 0 Å². The standard InChI is InChI=1S/C10H17NO5/c1-9(12)15-16-10(13)3-2-4-11-5-7-14-8-6-11/h2-8H2,1H3. The summed E-state index contributed by atoms with van der Waals surface area (Å²) in [7, 11) is 0. The van der Waals surface area contributed by atoms with Gasteiger partial charge in [-0.15, -0.1) is 0 Å².